The topological polar surface area (TPSA) is 44.5 Å². The molecule has 0 bridgehead atoms. The van der Waals surface area contributed by atoms with Crippen LogP contribution in [0.25, 0.3) is 0 Å². The van der Waals surface area contributed by atoms with Crippen LogP contribution in [0.3, 0.4) is 0 Å². The predicted molar refractivity (Wildman–Crippen MR) is 61.3 cm³/mol. The molecule has 0 radical (unpaired) electrons. The first-order valence-corrected chi connectivity index (χ1v) is 5.82. The van der Waals surface area contributed by atoms with Crippen molar-refractivity contribution in [3.63, 3.8) is 0 Å². The highest BCUT2D eigenvalue weighted by molar-refractivity contribution is 9.10. The molecule has 1 aliphatic rings. The molecule has 0 unspecified atom stereocenters. The van der Waals surface area contributed by atoms with Crippen molar-refractivity contribution in [2.45, 2.75) is 19.3 Å². The summed E-state index contributed by atoms with van der Waals surface area (Å²) in [5, 5.41) is 0. The molecule has 0 spiro atoms. The highest BCUT2D eigenvalue weighted by atomic mass is 79.9. The molecule has 2 N–H and O–H groups in total. The summed E-state index contributed by atoms with van der Waals surface area (Å²) in [6.45, 7) is 2.06. The lowest BCUT2D eigenvalue weighted by Gasteiger charge is -2.23. The Hall–Kier alpha value is -0.420. The van der Waals surface area contributed by atoms with E-state index in [2.05, 4.69) is 15.9 Å². The van der Waals surface area contributed by atoms with E-state index in [1.807, 2.05) is 18.2 Å². The van der Waals surface area contributed by atoms with Gasteiger partial charge >= 0.3 is 0 Å². The summed E-state index contributed by atoms with van der Waals surface area (Å²) in [6, 6.07) is 6.02. The van der Waals surface area contributed by atoms with Gasteiger partial charge in [0.05, 0.1) is 13.2 Å². The first-order chi connectivity index (χ1) is 7.31. The molecule has 1 heterocycles. The summed E-state index contributed by atoms with van der Waals surface area (Å²) >= 11 is 3.48. The Balaban J connectivity index is 2.17. The standard InChI is InChI=1S/C11H14BrNO2/c12-10-6-8(2-3-9(10)7-13)11-14-4-1-5-15-11/h2-3,6,11H,1,4-5,7,13H2. The minimum absolute atomic E-state index is 0.220. The van der Waals surface area contributed by atoms with Crippen LogP contribution in [0.2, 0.25) is 0 Å². The van der Waals surface area contributed by atoms with Crippen LogP contribution in [0.5, 0.6) is 0 Å². The second-order valence-corrected chi connectivity index (χ2v) is 4.34. The summed E-state index contributed by atoms with van der Waals surface area (Å²) in [6.07, 6.45) is 0.750. The molecule has 0 amide bonds. The van der Waals surface area contributed by atoms with E-state index in [1.54, 1.807) is 0 Å². The maximum absolute atomic E-state index is 5.59. The minimum Gasteiger partial charge on any atom is -0.348 e. The van der Waals surface area contributed by atoms with Crippen LogP contribution in [-0.4, -0.2) is 13.2 Å². The first kappa shape index (κ1) is 11.1. The third-order valence-corrected chi connectivity index (χ3v) is 3.13. The van der Waals surface area contributed by atoms with Crippen LogP contribution in [0.15, 0.2) is 22.7 Å². The highest BCUT2D eigenvalue weighted by Crippen LogP contribution is 2.27. The Labute approximate surface area is 97.7 Å². The van der Waals surface area contributed by atoms with E-state index in [0.717, 1.165) is 35.2 Å². The quantitative estimate of drug-likeness (QED) is 0.898. The highest BCUT2D eigenvalue weighted by Gasteiger charge is 2.17. The van der Waals surface area contributed by atoms with Crippen LogP contribution in [0, 0.1) is 0 Å². The van der Waals surface area contributed by atoms with Gasteiger partial charge in [-0.2, -0.15) is 0 Å². The zero-order chi connectivity index (χ0) is 10.7. The summed E-state index contributed by atoms with van der Waals surface area (Å²) < 4.78 is 12.1. The molecular weight excluding hydrogens is 258 g/mol. The number of nitrogens with two attached hydrogens (primary N) is 1. The summed E-state index contributed by atoms with van der Waals surface area (Å²) in [5.41, 5.74) is 7.72. The lowest BCUT2D eigenvalue weighted by Crippen LogP contribution is -2.17. The Morgan fingerprint density at radius 2 is 2.07 bits per heavy atom. The molecule has 15 heavy (non-hydrogen) atoms. The average Bonchev–Trinajstić information content (AvgIpc) is 2.30. The summed E-state index contributed by atoms with van der Waals surface area (Å²) in [5.74, 6) is 0. The second-order valence-electron chi connectivity index (χ2n) is 3.48. The molecule has 2 rings (SSSR count). The molecule has 0 atom stereocenters. The fourth-order valence-electron chi connectivity index (χ4n) is 1.56. The molecule has 1 aromatic carbocycles. The van der Waals surface area contributed by atoms with Gasteiger partial charge in [0, 0.05) is 16.6 Å². The number of benzene rings is 1. The molecular formula is C11H14BrNO2. The van der Waals surface area contributed by atoms with Crippen molar-refractivity contribution in [2.75, 3.05) is 13.2 Å². The van der Waals surface area contributed by atoms with Crippen LogP contribution >= 0.6 is 15.9 Å². The zero-order valence-electron chi connectivity index (χ0n) is 8.41. The van der Waals surface area contributed by atoms with Gasteiger partial charge in [-0.1, -0.05) is 28.1 Å². The van der Waals surface area contributed by atoms with Crippen molar-refractivity contribution in [1.29, 1.82) is 0 Å². The van der Waals surface area contributed by atoms with Gasteiger partial charge in [-0.15, -0.1) is 0 Å². The zero-order valence-corrected chi connectivity index (χ0v) is 10.00. The predicted octanol–water partition coefficient (Wildman–Crippen LogP) is 2.34. The van der Waals surface area contributed by atoms with Gasteiger partial charge < -0.3 is 15.2 Å². The van der Waals surface area contributed by atoms with Gasteiger partial charge in [-0.3, -0.25) is 0 Å². The van der Waals surface area contributed by atoms with Crippen molar-refractivity contribution in [3.05, 3.63) is 33.8 Å². The fraction of sp³-hybridized carbons (Fsp3) is 0.455. The Bertz CT molecular complexity index is 337. The number of rotatable bonds is 2. The first-order valence-electron chi connectivity index (χ1n) is 5.03. The number of halogens is 1. The SMILES string of the molecule is NCc1ccc(C2OCCCO2)cc1Br. The molecule has 1 saturated heterocycles. The molecule has 3 nitrogen and oxygen atoms in total. The Morgan fingerprint density at radius 3 is 2.67 bits per heavy atom. The van der Waals surface area contributed by atoms with Gasteiger partial charge in [0.25, 0.3) is 0 Å². The lowest BCUT2D eigenvalue weighted by atomic mass is 10.1. The van der Waals surface area contributed by atoms with Crippen molar-refractivity contribution < 1.29 is 9.47 Å². The number of ether oxygens (including phenoxy) is 2. The smallest absolute Gasteiger partial charge is 0.183 e. The monoisotopic (exact) mass is 271 g/mol. The third-order valence-electron chi connectivity index (χ3n) is 2.40. The van der Waals surface area contributed by atoms with Crippen LogP contribution < -0.4 is 5.73 Å². The fourth-order valence-corrected chi connectivity index (χ4v) is 2.11. The van der Waals surface area contributed by atoms with Gasteiger partial charge in [0.2, 0.25) is 0 Å². The lowest BCUT2D eigenvalue weighted by molar-refractivity contribution is -0.183. The molecule has 82 valence electrons. The molecule has 1 aromatic rings. The van der Waals surface area contributed by atoms with E-state index < -0.39 is 0 Å². The maximum atomic E-state index is 5.59. The Kier molecular flexibility index (Phi) is 3.75. The average molecular weight is 272 g/mol. The van der Waals surface area contributed by atoms with Gasteiger partial charge in [-0.25, -0.2) is 0 Å². The largest absolute Gasteiger partial charge is 0.348 e. The van der Waals surface area contributed by atoms with Crippen molar-refractivity contribution >= 4 is 15.9 Å². The van der Waals surface area contributed by atoms with E-state index in [0.29, 0.717) is 6.54 Å². The number of hydrogen-bond acceptors (Lipinski definition) is 3. The third kappa shape index (κ3) is 2.58. The van der Waals surface area contributed by atoms with Gasteiger partial charge in [0.1, 0.15) is 0 Å². The van der Waals surface area contributed by atoms with Crippen molar-refractivity contribution in [3.8, 4) is 0 Å². The summed E-state index contributed by atoms with van der Waals surface area (Å²) in [4.78, 5) is 0. The minimum atomic E-state index is -0.220. The maximum Gasteiger partial charge on any atom is 0.183 e. The molecule has 1 fully saturated rings. The number of hydrogen-bond donors (Lipinski definition) is 1. The second kappa shape index (κ2) is 5.07. The normalized spacial score (nSPS) is 18.0. The Morgan fingerprint density at radius 1 is 1.33 bits per heavy atom. The van der Waals surface area contributed by atoms with Crippen molar-refractivity contribution in [1.82, 2.24) is 0 Å². The molecule has 1 aliphatic heterocycles. The molecule has 0 aromatic heterocycles. The van der Waals surface area contributed by atoms with Crippen LogP contribution in [0.1, 0.15) is 23.8 Å². The van der Waals surface area contributed by atoms with E-state index >= 15 is 0 Å². The van der Waals surface area contributed by atoms with Gasteiger partial charge in [-0.05, 0) is 18.1 Å². The summed E-state index contributed by atoms with van der Waals surface area (Å²) in [7, 11) is 0. The van der Waals surface area contributed by atoms with Gasteiger partial charge in [0.15, 0.2) is 6.29 Å². The van der Waals surface area contributed by atoms with Crippen molar-refractivity contribution in [2.24, 2.45) is 5.73 Å². The van der Waals surface area contributed by atoms with E-state index in [4.69, 9.17) is 15.2 Å². The molecule has 0 aliphatic carbocycles. The van der Waals surface area contributed by atoms with E-state index in [9.17, 15) is 0 Å². The van der Waals surface area contributed by atoms with E-state index in [-0.39, 0.29) is 6.29 Å². The van der Waals surface area contributed by atoms with E-state index in [1.165, 1.54) is 0 Å². The van der Waals surface area contributed by atoms with Crippen LogP contribution in [0.4, 0.5) is 0 Å². The van der Waals surface area contributed by atoms with Crippen LogP contribution in [-0.2, 0) is 16.0 Å². The molecule has 4 heteroatoms. The molecule has 0 saturated carbocycles.